The molecule has 4 heavy (non-hydrogen) atoms. The van der Waals surface area contributed by atoms with E-state index in [1.165, 1.54) is 0 Å². The van der Waals surface area contributed by atoms with Crippen molar-refractivity contribution in [3.63, 3.8) is 0 Å². The molecule has 0 rings (SSSR count). The monoisotopic (exact) mass is 183 g/mol. The van der Waals surface area contributed by atoms with E-state index in [1.807, 2.05) is 0 Å². The minimum atomic E-state index is 0. The van der Waals surface area contributed by atoms with Gasteiger partial charge < -0.3 is 7.43 Å². The van der Waals surface area contributed by atoms with Gasteiger partial charge in [0.25, 0.3) is 0 Å². The molecule has 0 aromatic rings. The van der Waals surface area contributed by atoms with E-state index < -0.39 is 0 Å². The summed E-state index contributed by atoms with van der Waals surface area (Å²) in [6, 6.07) is 0. The first-order valence-electron chi connectivity index (χ1n) is 0. The van der Waals surface area contributed by atoms with Gasteiger partial charge in [-0.3, -0.25) is 0 Å². The SMILES string of the molecule is [AlH3].[CH3-].[Ti].[Zr]. The van der Waals surface area contributed by atoms with E-state index in [-0.39, 0.29) is 72.7 Å². The fourth-order valence-corrected chi connectivity index (χ4v) is 0. The van der Waals surface area contributed by atoms with E-state index in [0.717, 1.165) is 0 Å². The molecule has 0 saturated heterocycles. The predicted molar refractivity (Wildman–Crippen MR) is 16.4 cm³/mol. The molecule has 0 unspecified atom stereocenters. The first-order valence-corrected chi connectivity index (χ1v) is 0. The van der Waals surface area contributed by atoms with Crippen molar-refractivity contribution in [3.05, 3.63) is 7.43 Å². The van der Waals surface area contributed by atoms with E-state index in [4.69, 9.17) is 0 Å². The third-order valence-corrected chi connectivity index (χ3v) is 0. The molecule has 0 aromatic heterocycles. The Kier molecular flexibility index (Phi) is 171. The summed E-state index contributed by atoms with van der Waals surface area (Å²) in [5.41, 5.74) is 0. The summed E-state index contributed by atoms with van der Waals surface area (Å²) in [7, 11) is 0. The van der Waals surface area contributed by atoms with E-state index in [1.54, 1.807) is 0 Å². The predicted octanol–water partition coefficient (Wildman–Crippen LogP) is -0.739. The molecular weight excluding hydrogens is 178 g/mol. The molecule has 0 fully saturated rings. The molecule has 0 aliphatic rings. The van der Waals surface area contributed by atoms with Gasteiger partial charge in [-0.2, -0.15) is 0 Å². The molecule has 0 aliphatic carbocycles. The van der Waals surface area contributed by atoms with Crippen LogP contribution in [0.5, 0.6) is 0 Å². The zero-order valence-electron chi connectivity index (χ0n) is 2.00. The largest absolute Gasteiger partial charge is 0.358 e. The zero-order chi connectivity index (χ0) is 0. The van der Waals surface area contributed by atoms with Gasteiger partial charge in [-0.05, 0) is 0 Å². The number of rotatable bonds is 0. The summed E-state index contributed by atoms with van der Waals surface area (Å²) < 4.78 is 0. The van der Waals surface area contributed by atoms with Crippen LogP contribution < -0.4 is 0 Å². The van der Waals surface area contributed by atoms with Crippen LogP contribution >= 0.6 is 0 Å². The smallest absolute Gasteiger partial charge is 0.187 e. The molecule has 0 saturated carbocycles. The van der Waals surface area contributed by atoms with Crippen molar-refractivity contribution in [2.75, 3.05) is 0 Å². The van der Waals surface area contributed by atoms with Gasteiger partial charge in [-0.25, -0.2) is 0 Å². The Labute approximate surface area is 71.9 Å². The van der Waals surface area contributed by atoms with Gasteiger partial charge in [0.2, 0.25) is 0 Å². The third kappa shape index (κ3) is 8.92. The summed E-state index contributed by atoms with van der Waals surface area (Å²) in [5, 5.41) is 0. The van der Waals surface area contributed by atoms with Crippen LogP contribution in [0.2, 0.25) is 0 Å². The van der Waals surface area contributed by atoms with Gasteiger partial charge in [0, 0.05) is 47.9 Å². The minimum absolute atomic E-state index is 0. The quantitative estimate of drug-likeness (QED) is 0.343. The zero-order valence-corrected chi connectivity index (χ0v) is 6.02. The second-order valence-electron chi connectivity index (χ2n) is 0. The minimum Gasteiger partial charge on any atom is -0.358 e. The number of hydrogen-bond donors (Lipinski definition) is 0. The topological polar surface area (TPSA) is 0 Å². The molecular formula is CH6AlTiZr-. The Morgan fingerprint density at radius 2 is 1.00 bits per heavy atom. The second-order valence-corrected chi connectivity index (χ2v) is 0. The summed E-state index contributed by atoms with van der Waals surface area (Å²) in [6.07, 6.45) is 0. The molecule has 0 atom stereocenters. The Morgan fingerprint density at radius 3 is 1.00 bits per heavy atom. The molecule has 0 spiro atoms. The molecule has 0 aliphatic heterocycles. The van der Waals surface area contributed by atoms with E-state index in [9.17, 15) is 0 Å². The van der Waals surface area contributed by atoms with Crippen molar-refractivity contribution in [2.45, 2.75) is 0 Å². The van der Waals surface area contributed by atoms with Crippen molar-refractivity contribution in [3.8, 4) is 0 Å². The van der Waals surface area contributed by atoms with Gasteiger partial charge in [0.1, 0.15) is 0 Å². The molecule has 0 amide bonds. The van der Waals surface area contributed by atoms with Crippen LogP contribution in [0.4, 0.5) is 0 Å². The van der Waals surface area contributed by atoms with E-state index >= 15 is 0 Å². The van der Waals surface area contributed by atoms with E-state index in [0.29, 0.717) is 0 Å². The second kappa shape index (κ2) is 19.3. The van der Waals surface area contributed by atoms with Crippen molar-refractivity contribution in [1.29, 1.82) is 0 Å². The van der Waals surface area contributed by atoms with Crippen LogP contribution in [0, 0.1) is 7.43 Å². The summed E-state index contributed by atoms with van der Waals surface area (Å²) >= 11 is 0. The molecule has 0 bridgehead atoms. The van der Waals surface area contributed by atoms with Crippen LogP contribution in [0.15, 0.2) is 0 Å². The van der Waals surface area contributed by atoms with Crippen molar-refractivity contribution in [2.24, 2.45) is 0 Å². The maximum Gasteiger partial charge on any atom is 0.187 e. The average Bonchev–Trinajstić information content (AvgIpc) is 0. The summed E-state index contributed by atoms with van der Waals surface area (Å²) in [5.74, 6) is 0. The van der Waals surface area contributed by atoms with Crippen molar-refractivity contribution < 1.29 is 47.9 Å². The molecule has 0 heterocycles. The van der Waals surface area contributed by atoms with Gasteiger partial charge in [-0.15, -0.1) is 0 Å². The van der Waals surface area contributed by atoms with Gasteiger partial charge in [0.15, 0.2) is 17.4 Å². The fraction of sp³-hybridized carbons (Fsp3) is 0. The van der Waals surface area contributed by atoms with Crippen LogP contribution in [0.3, 0.4) is 0 Å². The summed E-state index contributed by atoms with van der Waals surface area (Å²) in [4.78, 5) is 0. The van der Waals surface area contributed by atoms with Crippen LogP contribution in [0.25, 0.3) is 0 Å². The maximum absolute atomic E-state index is 0. The Bertz CT molecular complexity index is 8.00. The van der Waals surface area contributed by atoms with Crippen molar-refractivity contribution in [1.82, 2.24) is 0 Å². The molecule has 0 radical (unpaired) electrons. The average molecular weight is 184 g/mol. The van der Waals surface area contributed by atoms with Gasteiger partial charge >= 0.3 is 0 Å². The van der Waals surface area contributed by atoms with E-state index in [2.05, 4.69) is 0 Å². The molecule has 22 valence electrons. The Hall–Kier alpha value is 2.13. The van der Waals surface area contributed by atoms with Crippen LogP contribution in [0.1, 0.15) is 0 Å². The van der Waals surface area contributed by atoms with Crippen LogP contribution in [-0.4, -0.2) is 17.4 Å². The van der Waals surface area contributed by atoms with Crippen molar-refractivity contribution >= 4 is 17.4 Å². The third-order valence-electron chi connectivity index (χ3n) is 0. The first kappa shape index (κ1) is 35.6. The van der Waals surface area contributed by atoms with Crippen LogP contribution in [-0.2, 0) is 47.9 Å². The molecule has 3 heteroatoms. The fourth-order valence-electron chi connectivity index (χ4n) is 0. The van der Waals surface area contributed by atoms with Gasteiger partial charge in [0.05, 0.1) is 0 Å². The maximum atomic E-state index is 0. The van der Waals surface area contributed by atoms with Gasteiger partial charge in [-0.1, -0.05) is 0 Å². The molecule has 0 aromatic carbocycles. The standard InChI is InChI=1S/CH3.Al.Ti.Zr.3H/h1H3;;;;;;/q-1;;;;;;. The first-order chi connectivity index (χ1) is 0. The Balaban J connectivity index is 0. The molecule has 0 nitrogen and oxygen atoms in total. The normalized spacial score (nSPS) is 0. The summed E-state index contributed by atoms with van der Waals surface area (Å²) in [6.45, 7) is 0. The number of hydrogen-bond acceptors (Lipinski definition) is 0. The molecule has 0 N–H and O–H groups in total. The Morgan fingerprint density at radius 1 is 1.00 bits per heavy atom.